The molecule has 2 aliphatic rings. The van der Waals surface area contributed by atoms with Crippen molar-refractivity contribution in [1.29, 1.82) is 0 Å². The molecule has 0 unspecified atom stereocenters. The maximum absolute atomic E-state index is 12.6. The summed E-state index contributed by atoms with van der Waals surface area (Å²) in [6, 6.07) is 9.18. The first kappa shape index (κ1) is 18.0. The highest BCUT2D eigenvalue weighted by Crippen LogP contribution is 2.54. The number of carbonyl (C=O) groups excluding carboxylic acids is 3. The van der Waals surface area contributed by atoms with E-state index in [0.717, 1.165) is 5.56 Å². The number of esters is 1. The zero-order valence-electron chi connectivity index (χ0n) is 14.8. The van der Waals surface area contributed by atoms with Crippen LogP contribution in [0.3, 0.4) is 0 Å². The molecule has 2 atom stereocenters. The number of ether oxygens (including phenoxy) is 1. The molecule has 3 rings (SSSR count). The van der Waals surface area contributed by atoms with Gasteiger partial charge in [-0.1, -0.05) is 51.1 Å². The molecule has 0 radical (unpaired) electrons. The standard InChI is InChI=1S/C19H23NO4S/c1-18(2,3)15(21)11-24-17(23)14-12-25-19(10-9-16(22)20(14)19)13-7-5-4-6-8-13/h4-8,14H,9-12H2,1-3H3/t14-,19-/m0/s1. The molecule has 134 valence electrons. The van der Waals surface area contributed by atoms with Gasteiger partial charge in [-0.05, 0) is 12.0 Å². The third-order valence-corrected chi connectivity index (χ3v) is 6.40. The second-order valence-electron chi connectivity index (χ2n) is 7.52. The third kappa shape index (κ3) is 3.19. The number of Topliss-reactive ketones (excluding diaryl/α,β-unsaturated/α-hetero) is 1. The van der Waals surface area contributed by atoms with Gasteiger partial charge >= 0.3 is 5.97 Å². The lowest BCUT2D eigenvalue weighted by Crippen LogP contribution is -2.47. The Balaban J connectivity index is 1.77. The number of carbonyl (C=O) groups is 3. The Morgan fingerprint density at radius 2 is 1.96 bits per heavy atom. The van der Waals surface area contributed by atoms with E-state index in [1.54, 1.807) is 37.4 Å². The first-order valence-corrected chi connectivity index (χ1v) is 9.46. The van der Waals surface area contributed by atoms with Gasteiger partial charge in [0.25, 0.3) is 0 Å². The minimum Gasteiger partial charge on any atom is -0.456 e. The largest absolute Gasteiger partial charge is 0.456 e. The van der Waals surface area contributed by atoms with Crippen LogP contribution in [0.2, 0.25) is 0 Å². The number of benzene rings is 1. The third-order valence-electron chi connectivity index (χ3n) is 4.81. The number of thioether (sulfide) groups is 1. The van der Waals surface area contributed by atoms with Crippen molar-refractivity contribution in [3.05, 3.63) is 35.9 Å². The van der Waals surface area contributed by atoms with E-state index in [9.17, 15) is 14.4 Å². The van der Waals surface area contributed by atoms with Gasteiger partial charge in [0.1, 0.15) is 10.9 Å². The number of hydrogen-bond acceptors (Lipinski definition) is 5. The van der Waals surface area contributed by atoms with E-state index in [1.807, 2.05) is 30.3 Å². The molecule has 0 saturated carbocycles. The van der Waals surface area contributed by atoms with Gasteiger partial charge in [0, 0.05) is 17.6 Å². The number of amides is 1. The monoisotopic (exact) mass is 361 g/mol. The second-order valence-corrected chi connectivity index (χ2v) is 8.82. The molecule has 1 amide bonds. The molecule has 25 heavy (non-hydrogen) atoms. The van der Waals surface area contributed by atoms with Crippen molar-refractivity contribution in [1.82, 2.24) is 4.90 Å². The van der Waals surface area contributed by atoms with E-state index in [-0.39, 0.29) is 18.3 Å². The number of hydrogen-bond donors (Lipinski definition) is 0. The minimum atomic E-state index is -0.632. The van der Waals surface area contributed by atoms with E-state index < -0.39 is 22.3 Å². The summed E-state index contributed by atoms with van der Waals surface area (Å²) < 4.78 is 5.26. The fraction of sp³-hybridized carbons (Fsp3) is 0.526. The number of fused-ring (bicyclic) bond motifs is 1. The molecule has 6 heteroatoms. The minimum absolute atomic E-state index is 0.0297. The maximum Gasteiger partial charge on any atom is 0.330 e. The maximum atomic E-state index is 12.6. The topological polar surface area (TPSA) is 63.7 Å². The van der Waals surface area contributed by atoms with Crippen molar-refractivity contribution in [2.75, 3.05) is 12.4 Å². The van der Waals surface area contributed by atoms with Crippen molar-refractivity contribution >= 4 is 29.4 Å². The fourth-order valence-corrected chi connectivity index (χ4v) is 4.90. The van der Waals surface area contributed by atoms with Crippen molar-refractivity contribution in [3.63, 3.8) is 0 Å². The first-order valence-electron chi connectivity index (χ1n) is 8.47. The van der Waals surface area contributed by atoms with Crippen LogP contribution in [0.1, 0.15) is 39.2 Å². The highest BCUT2D eigenvalue weighted by Gasteiger charge is 2.57. The summed E-state index contributed by atoms with van der Waals surface area (Å²) in [5, 5.41) is 0. The molecule has 0 aliphatic carbocycles. The van der Waals surface area contributed by atoms with Gasteiger partial charge < -0.3 is 9.64 Å². The van der Waals surface area contributed by atoms with Gasteiger partial charge in [0.2, 0.25) is 5.91 Å². The van der Waals surface area contributed by atoms with Gasteiger partial charge in [-0.2, -0.15) is 0 Å². The average molecular weight is 361 g/mol. The van der Waals surface area contributed by atoms with Crippen molar-refractivity contribution in [2.45, 2.75) is 44.5 Å². The van der Waals surface area contributed by atoms with E-state index in [0.29, 0.717) is 18.6 Å². The molecule has 0 N–H and O–H groups in total. The fourth-order valence-electron chi connectivity index (χ4n) is 3.27. The second kappa shape index (κ2) is 6.48. The van der Waals surface area contributed by atoms with E-state index in [4.69, 9.17) is 4.74 Å². The Morgan fingerprint density at radius 3 is 2.60 bits per heavy atom. The summed E-state index contributed by atoms with van der Waals surface area (Å²) >= 11 is 1.61. The zero-order valence-corrected chi connectivity index (χ0v) is 15.6. The van der Waals surface area contributed by atoms with Crippen LogP contribution in [0, 0.1) is 5.41 Å². The summed E-state index contributed by atoms with van der Waals surface area (Å²) in [7, 11) is 0. The highest BCUT2D eigenvalue weighted by molar-refractivity contribution is 8.00. The molecule has 0 spiro atoms. The molecule has 5 nitrogen and oxygen atoms in total. The van der Waals surface area contributed by atoms with E-state index >= 15 is 0 Å². The quantitative estimate of drug-likeness (QED) is 0.772. The van der Waals surface area contributed by atoms with Gasteiger partial charge in [-0.15, -0.1) is 11.8 Å². The first-order chi connectivity index (χ1) is 11.8. The zero-order chi connectivity index (χ0) is 18.2. The van der Waals surface area contributed by atoms with Crippen molar-refractivity contribution in [2.24, 2.45) is 5.41 Å². The summed E-state index contributed by atoms with van der Waals surface area (Å²) in [5.41, 5.74) is 0.481. The Hall–Kier alpha value is -1.82. The normalized spacial score (nSPS) is 25.8. The van der Waals surface area contributed by atoms with E-state index in [1.165, 1.54) is 0 Å². The molecule has 1 aromatic rings. The molecule has 0 bridgehead atoms. The Labute approximate surface area is 152 Å². The van der Waals surface area contributed by atoms with Gasteiger partial charge in [-0.25, -0.2) is 4.79 Å². The van der Waals surface area contributed by atoms with Crippen LogP contribution in [-0.2, 0) is 24.0 Å². The predicted molar refractivity (Wildman–Crippen MR) is 95.9 cm³/mol. The Morgan fingerprint density at radius 1 is 1.28 bits per heavy atom. The Bertz CT molecular complexity index is 697. The molecule has 0 aromatic heterocycles. The smallest absolute Gasteiger partial charge is 0.330 e. The van der Waals surface area contributed by atoms with Crippen LogP contribution in [0.5, 0.6) is 0 Å². The summed E-state index contributed by atoms with van der Waals surface area (Å²) in [6.07, 6.45) is 1.11. The molecule has 2 fully saturated rings. The molecular weight excluding hydrogens is 338 g/mol. The van der Waals surface area contributed by atoms with E-state index in [2.05, 4.69) is 0 Å². The van der Waals surface area contributed by atoms with Crippen molar-refractivity contribution < 1.29 is 19.1 Å². The molecular formula is C19H23NO4S. The summed E-state index contributed by atoms with van der Waals surface area (Å²) in [4.78, 5) is 38.2. The highest BCUT2D eigenvalue weighted by atomic mass is 32.2. The van der Waals surface area contributed by atoms with Gasteiger partial charge in [0.05, 0.1) is 0 Å². The van der Waals surface area contributed by atoms with Crippen molar-refractivity contribution in [3.8, 4) is 0 Å². The van der Waals surface area contributed by atoms with Crippen LogP contribution in [0.25, 0.3) is 0 Å². The Kier molecular flexibility index (Phi) is 4.66. The predicted octanol–water partition coefficient (Wildman–Crippen LogP) is 2.74. The lowest BCUT2D eigenvalue weighted by molar-refractivity contribution is -0.157. The summed E-state index contributed by atoms with van der Waals surface area (Å²) in [5.74, 6) is -0.159. The average Bonchev–Trinajstić information content (AvgIpc) is 3.12. The number of nitrogens with zero attached hydrogens (tertiary/aromatic N) is 1. The van der Waals surface area contributed by atoms with Gasteiger partial charge in [-0.3, -0.25) is 9.59 Å². The van der Waals surface area contributed by atoms with Crippen LogP contribution >= 0.6 is 11.8 Å². The lowest BCUT2D eigenvalue weighted by Gasteiger charge is -2.33. The van der Waals surface area contributed by atoms with Crippen LogP contribution < -0.4 is 0 Å². The molecule has 2 saturated heterocycles. The van der Waals surface area contributed by atoms with Crippen LogP contribution in [-0.4, -0.2) is 41.0 Å². The number of rotatable bonds is 4. The van der Waals surface area contributed by atoms with Crippen LogP contribution in [0.4, 0.5) is 0 Å². The summed E-state index contributed by atoms with van der Waals surface area (Å²) in [6.45, 7) is 5.13. The molecule has 2 aliphatic heterocycles. The number of ketones is 1. The lowest BCUT2D eigenvalue weighted by atomic mass is 9.91. The molecule has 2 heterocycles. The van der Waals surface area contributed by atoms with Crippen LogP contribution in [0.15, 0.2) is 30.3 Å². The molecule has 1 aromatic carbocycles. The SMILES string of the molecule is CC(C)(C)C(=O)COC(=O)[C@@H]1CS[C@]2(c3ccccc3)CCC(=O)N12. The van der Waals surface area contributed by atoms with Gasteiger partial charge in [0.15, 0.2) is 12.4 Å².